The topological polar surface area (TPSA) is 64.9 Å². The van der Waals surface area contributed by atoms with Gasteiger partial charge >= 0.3 is 0 Å². The predicted octanol–water partition coefficient (Wildman–Crippen LogP) is 3.00. The monoisotopic (exact) mass is 307 g/mol. The molecule has 1 aromatic carbocycles. The molecule has 94 valence electrons. The number of hydrogen-bond donors (Lipinski definition) is 1. The van der Waals surface area contributed by atoms with Crippen LogP contribution in [0.5, 0.6) is 0 Å². The largest absolute Gasteiger partial charge is 0.338 e. The highest BCUT2D eigenvalue weighted by Crippen LogP contribution is 2.16. The highest BCUT2D eigenvalue weighted by molar-refractivity contribution is 9.10. The molecule has 2 rings (SSSR count). The Hall–Kier alpha value is -1.46. The van der Waals surface area contributed by atoms with Crippen molar-refractivity contribution in [3.05, 3.63) is 58.7 Å². The Balaban J connectivity index is 2.09. The molecule has 2 aromatic rings. The minimum Gasteiger partial charge on any atom is -0.338 e. The van der Waals surface area contributed by atoms with Crippen LogP contribution < -0.4 is 5.73 Å². The first-order valence-corrected chi connectivity index (χ1v) is 6.41. The molecule has 2 N–H and O–H groups in total. The van der Waals surface area contributed by atoms with Crippen molar-refractivity contribution in [2.24, 2.45) is 5.73 Å². The zero-order valence-corrected chi connectivity index (χ0v) is 11.4. The van der Waals surface area contributed by atoms with Crippen LogP contribution in [0.25, 0.3) is 0 Å². The van der Waals surface area contributed by atoms with E-state index in [2.05, 4.69) is 32.6 Å². The third-order valence-corrected chi connectivity index (χ3v) is 2.97. The molecule has 1 unspecified atom stereocenters. The molecule has 1 aromatic heterocycles. The summed E-state index contributed by atoms with van der Waals surface area (Å²) in [6, 6.07) is 7.73. The van der Waals surface area contributed by atoms with Gasteiger partial charge in [-0.15, -0.1) is 6.58 Å². The summed E-state index contributed by atoms with van der Waals surface area (Å²) in [6.07, 6.45) is 2.99. The van der Waals surface area contributed by atoms with Crippen molar-refractivity contribution in [2.75, 3.05) is 0 Å². The number of halogens is 1. The average Bonchev–Trinajstić information content (AvgIpc) is 2.78. The molecular formula is C13H14BrN3O. The Morgan fingerprint density at radius 2 is 2.33 bits per heavy atom. The fourth-order valence-electron chi connectivity index (χ4n) is 1.60. The van der Waals surface area contributed by atoms with Crippen LogP contribution in [0.3, 0.4) is 0 Å². The highest BCUT2D eigenvalue weighted by atomic mass is 79.9. The van der Waals surface area contributed by atoms with E-state index in [-0.39, 0.29) is 6.04 Å². The van der Waals surface area contributed by atoms with Crippen LogP contribution in [-0.2, 0) is 6.42 Å². The van der Waals surface area contributed by atoms with Gasteiger partial charge in [-0.25, -0.2) is 0 Å². The van der Waals surface area contributed by atoms with Gasteiger partial charge in [0.2, 0.25) is 5.89 Å². The molecule has 0 aliphatic carbocycles. The summed E-state index contributed by atoms with van der Waals surface area (Å²) in [7, 11) is 0. The van der Waals surface area contributed by atoms with Gasteiger partial charge in [-0.2, -0.15) is 4.98 Å². The first-order chi connectivity index (χ1) is 8.69. The lowest BCUT2D eigenvalue weighted by atomic mass is 10.1. The summed E-state index contributed by atoms with van der Waals surface area (Å²) in [5.41, 5.74) is 6.98. The fourth-order valence-corrected chi connectivity index (χ4v) is 2.05. The van der Waals surface area contributed by atoms with Gasteiger partial charge < -0.3 is 10.3 Å². The maximum Gasteiger partial charge on any atom is 0.243 e. The molecule has 0 amide bonds. The maximum atomic E-state index is 5.86. The normalized spacial score (nSPS) is 12.3. The van der Waals surface area contributed by atoms with E-state index in [0.29, 0.717) is 24.6 Å². The van der Waals surface area contributed by atoms with E-state index in [1.54, 1.807) is 6.08 Å². The summed E-state index contributed by atoms with van der Waals surface area (Å²) < 4.78 is 6.17. The Bertz CT molecular complexity index is 539. The number of aromatic nitrogens is 2. The number of nitrogens with two attached hydrogens (primary N) is 1. The van der Waals surface area contributed by atoms with Crippen LogP contribution in [0.2, 0.25) is 0 Å². The first-order valence-electron chi connectivity index (χ1n) is 5.62. The second kappa shape index (κ2) is 5.93. The second-order valence-corrected chi connectivity index (χ2v) is 4.90. The van der Waals surface area contributed by atoms with E-state index in [1.165, 1.54) is 0 Å². The molecule has 1 atom stereocenters. The van der Waals surface area contributed by atoms with Gasteiger partial charge in [0.05, 0.1) is 6.04 Å². The smallest absolute Gasteiger partial charge is 0.243 e. The predicted molar refractivity (Wildman–Crippen MR) is 73.0 cm³/mol. The molecule has 0 spiro atoms. The fraction of sp³-hybridized carbons (Fsp3) is 0.231. The van der Waals surface area contributed by atoms with Crippen molar-refractivity contribution in [3.63, 3.8) is 0 Å². The molecule has 0 aliphatic heterocycles. The van der Waals surface area contributed by atoms with Gasteiger partial charge in [0.1, 0.15) is 0 Å². The first kappa shape index (κ1) is 13.0. The Morgan fingerprint density at radius 3 is 3.06 bits per heavy atom. The summed E-state index contributed by atoms with van der Waals surface area (Å²) in [4.78, 5) is 4.29. The van der Waals surface area contributed by atoms with Crippen molar-refractivity contribution in [2.45, 2.75) is 18.9 Å². The van der Waals surface area contributed by atoms with E-state index in [9.17, 15) is 0 Å². The van der Waals surface area contributed by atoms with E-state index in [4.69, 9.17) is 10.3 Å². The zero-order chi connectivity index (χ0) is 13.0. The lowest BCUT2D eigenvalue weighted by Gasteiger charge is -2.00. The number of rotatable bonds is 5. The van der Waals surface area contributed by atoms with E-state index in [1.807, 2.05) is 24.3 Å². The van der Waals surface area contributed by atoms with Gasteiger partial charge in [0.15, 0.2) is 5.82 Å². The van der Waals surface area contributed by atoms with Crippen LogP contribution >= 0.6 is 15.9 Å². The van der Waals surface area contributed by atoms with Crippen LogP contribution in [0, 0.1) is 0 Å². The number of nitrogens with zero attached hydrogens (tertiary/aromatic N) is 2. The van der Waals surface area contributed by atoms with E-state index < -0.39 is 0 Å². The molecule has 0 saturated heterocycles. The van der Waals surface area contributed by atoms with Crippen LogP contribution in [-0.4, -0.2) is 10.1 Å². The molecule has 0 bridgehead atoms. The average molecular weight is 308 g/mol. The summed E-state index contributed by atoms with van der Waals surface area (Å²) in [6.45, 7) is 3.64. The Morgan fingerprint density at radius 1 is 1.50 bits per heavy atom. The van der Waals surface area contributed by atoms with Crippen molar-refractivity contribution >= 4 is 15.9 Å². The quantitative estimate of drug-likeness (QED) is 0.862. The molecule has 0 aliphatic rings. The maximum absolute atomic E-state index is 5.86. The molecule has 1 heterocycles. The zero-order valence-electron chi connectivity index (χ0n) is 9.84. The standard InChI is InChI=1S/C13H14BrN3O/c1-2-4-11(15)13-16-12(17-18-13)8-9-5-3-6-10(14)7-9/h2-3,5-7,11H,1,4,8,15H2. The lowest BCUT2D eigenvalue weighted by Crippen LogP contribution is -2.09. The molecule has 0 saturated carbocycles. The lowest BCUT2D eigenvalue weighted by molar-refractivity contribution is 0.352. The van der Waals surface area contributed by atoms with Crippen molar-refractivity contribution < 1.29 is 4.52 Å². The van der Waals surface area contributed by atoms with Gasteiger partial charge in [0.25, 0.3) is 0 Å². The van der Waals surface area contributed by atoms with E-state index in [0.717, 1.165) is 10.0 Å². The van der Waals surface area contributed by atoms with Crippen molar-refractivity contribution in [3.8, 4) is 0 Å². The highest BCUT2D eigenvalue weighted by Gasteiger charge is 2.13. The SMILES string of the molecule is C=CCC(N)c1nc(Cc2cccc(Br)c2)no1. The number of benzene rings is 1. The molecular weight excluding hydrogens is 294 g/mol. The minimum atomic E-state index is -0.272. The van der Waals surface area contributed by atoms with Crippen molar-refractivity contribution in [1.29, 1.82) is 0 Å². The Kier molecular flexibility index (Phi) is 4.28. The molecule has 0 radical (unpaired) electrons. The molecule has 18 heavy (non-hydrogen) atoms. The van der Waals surface area contributed by atoms with Gasteiger partial charge in [-0.1, -0.05) is 39.3 Å². The molecule has 0 fully saturated rings. The summed E-state index contributed by atoms with van der Waals surface area (Å²) in [5, 5.41) is 3.93. The summed E-state index contributed by atoms with van der Waals surface area (Å²) >= 11 is 3.43. The Labute approximate surface area is 114 Å². The third-order valence-electron chi connectivity index (χ3n) is 2.47. The molecule has 4 nitrogen and oxygen atoms in total. The van der Waals surface area contributed by atoms with Gasteiger partial charge in [-0.05, 0) is 24.1 Å². The van der Waals surface area contributed by atoms with Gasteiger partial charge in [0, 0.05) is 10.9 Å². The van der Waals surface area contributed by atoms with Crippen molar-refractivity contribution in [1.82, 2.24) is 10.1 Å². The van der Waals surface area contributed by atoms with Crippen LogP contribution in [0.1, 0.15) is 29.7 Å². The van der Waals surface area contributed by atoms with E-state index >= 15 is 0 Å². The minimum absolute atomic E-state index is 0.272. The second-order valence-electron chi connectivity index (χ2n) is 3.99. The van der Waals surface area contributed by atoms with Crippen LogP contribution in [0.15, 0.2) is 45.9 Å². The molecule has 5 heteroatoms. The summed E-state index contributed by atoms with van der Waals surface area (Å²) in [5.74, 6) is 1.10. The third kappa shape index (κ3) is 3.27. The number of hydrogen-bond acceptors (Lipinski definition) is 4. The van der Waals surface area contributed by atoms with Crippen LogP contribution in [0.4, 0.5) is 0 Å². The van der Waals surface area contributed by atoms with Gasteiger partial charge in [-0.3, -0.25) is 0 Å².